The quantitative estimate of drug-likeness (QED) is 0.741. The summed E-state index contributed by atoms with van der Waals surface area (Å²) < 4.78 is 34.0. The Morgan fingerprint density at radius 1 is 1.14 bits per heavy atom. The molecule has 7 heteroatoms. The van der Waals surface area contributed by atoms with Gasteiger partial charge in [0, 0.05) is 6.04 Å². The molecule has 0 atom stereocenters. The minimum absolute atomic E-state index is 0.150. The number of rotatable bonds is 7. The van der Waals surface area contributed by atoms with E-state index < -0.39 is 10.0 Å². The van der Waals surface area contributed by atoms with Gasteiger partial charge in [0.15, 0.2) is 0 Å². The lowest BCUT2D eigenvalue weighted by molar-refractivity contribution is -0.122. The molecule has 0 unspecified atom stereocenters. The van der Waals surface area contributed by atoms with Crippen LogP contribution in [0.25, 0.3) is 0 Å². The molecular weight excluding hydrogens is 388 g/mol. The lowest BCUT2D eigenvalue weighted by atomic mass is 9.95. The number of carbonyl (C=O) groups excluding carboxylic acids is 1. The second-order valence-corrected chi connectivity index (χ2v) is 9.75. The van der Waals surface area contributed by atoms with Crippen LogP contribution in [0, 0.1) is 20.8 Å². The first-order valence-electron chi connectivity index (χ1n) is 10.2. The van der Waals surface area contributed by atoms with Gasteiger partial charge in [-0.3, -0.25) is 4.79 Å². The van der Waals surface area contributed by atoms with E-state index >= 15 is 0 Å². The van der Waals surface area contributed by atoms with Crippen LogP contribution in [0.15, 0.2) is 39.8 Å². The van der Waals surface area contributed by atoms with Crippen LogP contribution in [0.1, 0.15) is 54.6 Å². The number of furan rings is 1. The van der Waals surface area contributed by atoms with Crippen molar-refractivity contribution in [2.75, 3.05) is 6.54 Å². The average molecular weight is 419 g/mol. The number of nitrogens with zero attached hydrogens (tertiary/aromatic N) is 1. The molecule has 0 spiro atoms. The molecule has 1 heterocycles. The molecule has 2 aromatic rings. The zero-order valence-corrected chi connectivity index (χ0v) is 18.2. The maximum atomic E-state index is 13.7. The Kier molecular flexibility index (Phi) is 6.80. The lowest BCUT2D eigenvalue weighted by Crippen LogP contribution is -2.47. The van der Waals surface area contributed by atoms with Crippen molar-refractivity contribution in [3.05, 3.63) is 53.0 Å². The molecule has 1 fully saturated rings. The van der Waals surface area contributed by atoms with Crippen LogP contribution in [0.3, 0.4) is 0 Å². The molecule has 1 aromatic carbocycles. The summed E-state index contributed by atoms with van der Waals surface area (Å²) in [5, 5.41) is 2.78. The molecule has 0 bridgehead atoms. The van der Waals surface area contributed by atoms with E-state index in [2.05, 4.69) is 5.32 Å². The zero-order valence-electron chi connectivity index (χ0n) is 17.4. The average Bonchev–Trinajstić information content (AvgIpc) is 3.17. The molecule has 0 saturated heterocycles. The maximum Gasteiger partial charge on any atom is 0.244 e. The molecule has 1 N–H and O–H groups in total. The van der Waals surface area contributed by atoms with Crippen molar-refractivity contribution in [2.24, 2.45) is 0 Å². The number of nitrogens with one attached hydrogen (secondary N) is 1. The monoisotopic (exact) mass is 418 g/mol. The molecule has 29 heavy (non-hydrogen) atoms. The highest BCUT2D eigenvalue weighted by Gasteiger charge is 2.35. The SMILES string of the molecule is Cc1cc(C)c(S(=O)(=O)N(CC(=O)NCc2ccco2)C2CCCCC2)c(C)c1. The van der Waals surface area contributed by atoms with E-state index in [0.29, 0.717) is 10.7 Å². The second-order valence-electron chi connectivity index (χ2n) is 7.93. The fourth-order valence-corrected chi connectivity index (χ4v) is 6.32. The molecule has 1 aliphatic carbocycles. The van der Waals surface area contributed by atoms with Crippen molar-refractivity contribution in [3.63, 3.8) is 0 Å². The van der Waals surface area contributed by atoms with E-state index in [-0.39, 0.29) is 25.0 Å². The first-order chi connectivity index (χ1) is 13.8. The topological polar surface area (TPSA) is 79.6 Å². The molecule has 6 nitrogen and oxygen atoms in total. The summed E-state index contributed by atoms with van der Waals surface area (Å²) >= 11 is 0. The van der Waals surface area contributed by atoms with Crippen LogP contribution in [-0.2, 0) is 21.4 Å². The zero-order chi connectivity index (χ0) is 21.0. The Balaban J connectivity index is 1.87. The number of hydrogen-bond donors (Lipinski definition) is 1. The minimum atomic E-state index is -3.80. The van der Waals surface area contributed by atoms with Gasteiger partial charge < -0.3 is 9.73 Å². The number of amides is 1. The Morgan fingerprint density at radius 2 is 1.79 bits per heavy atom. The van der Waals surface area contributed by atoms with Gasteiger partial charge in [-0.05, 0) is 56.9 Å². The minimum Gasteiger partial charge on any atom is -0.467 e. The van der Waals surface area contributed by atoms with E-state index in [4.69, 9.17) is 4.42 Å². The summed E-state index contributed by atoms with van der Waals surface area (Å²) in [4.78, 5) is 13.0. The van der Waals surface area contributed by atoms with Gasteiger partial charge in [-0.2, -0.15) is 4.31 Å². The molecule has 1 amide bonds. The summed E-state index contributed by atoms with van der Waals surface area (Å²) in [7, 11) is -3.80. The van der Waals surface area contributed by atoms with E-state index in [1.807, 2.05) is 32.9 Å². The molecule has 0 aliphatic heterocycles. The molecule has 1 aromatic heterocycles. The van der Waals surface area contributed by atoms with Gasteiger partial charge in [0.2, 0.25) is 15.9 Å². The first-order valence-corrected chi connectivity index (χ1v) is 11.6. The van der Waals surface area contributed by atoms with Crippen LogP contribution < -0.4 is 5.32 Å². The van der Waals surface area contributed by atoms with E-state index in [9.17, 15) is 13.2 Å². The van der Waals surface area contributed by atoms with Gasteiger partial charge in [0.1, 0.15) is 5.76 Å². The normalized spacial score (nSPS) is 15.6. The van der Waals surface area contributed by atoms with Crippen molar-refractivity contribution in [1.82, 2.24) is 9.62 Å². The molecule has 0 radical (unpaired) electrons. The third-order valence-electron chi connectivity index (χ3n) is 5.49. The third kappa shape index (κ3) is 5.08. The predicted molar refractivity (Wildman–Crippen MR) is 112 cm³/mol. The summed E-state index contributed by atoms with van der Waals surface area (Å²) in [5.41, 5.74) is 2.47. The van der Waals surface area contributed by atoms with Crippen LogP contribution in [0.4, 0.5) is 0 Å². The van der Waals surface area contributed by atoms with Gasteiger partial charge >= 0.3 is 0 Å². The standard InChI is InChI=1S/C22H30N2O4S/c1-16-12-17(2)22(18(3)13-16)29(26,27)24(19-8-5-4-6-9-19)15-21(25)23-14-20-10-7-11-28-20/h7,10-13,19H,4-6,8-9,14-15H2,1-3H3,(H,23,25). The lowest BCUT2D eigenvalue weighted by Gasteiger charge is -2.33. The summed E-state index contributed by atoms with van der Waals surface area (Å²) in [6.07, 6.45) is 6.19. The second kappa shape index (κ2) is 9.13. The number of aryl methyl sites for hydroxylation is 3. The van der Waals surface area contributed by atoms with E-state index in [1.54, 1.807) is 18.4 Å². The third-order valence-corrected chi connectivity index (χ3v) is 7.70. The first kappa shape index (κ1) is 21.6. The smallest absolute Gasteiger partial charge is 0.244 e. The van der Waals surface area contributed by atoms with Gasteiger partial charge in [0.25, 0.3) is 0 Å². The van der Waals surface area contributed by atoms with Gasteiger partial charge in [-0.25, -0.2) is 8.42 Å². The Labute approximate surface area is 173 Å². The summed E-state index contributed by atoms with van der Waals surface area (Å²) in [6, 6.07) is 7.15. The predicted octanol–water partition coefficient (Wildman–Crippen LogP) is 3.84. The Morgan fingerprint density at radius 3 is 2.38 bits per heavy atom. The van der Waals surface area contributed by atoms with Crippen molar-refractivity contribution in [3.8, 4) is 0 Å². The fraction of sp³-hybridized carbons (Fsp3) is 0.500. The molecular formula is C22H30N2O4S. The molecule has 158 valence electrons. The van der Waals surface area contributed by atoms with E-state index in [1.165, 1.54) is 4.31 Å². The van der Waals surface area contributed by atoms with Crippen LogP contribution in [0.5, 0.6) is 0 Å². The Bertz CT molecular complexity index is 922. The van der Waals surface area contributed by atoms with Crippen LogP contribution >= 0.6 is 0 Å². The van der Waals surface area contributed by atoms with Gasteiger partial charge in [0.05, 0.1) is 24.2 Å². The highest BCUT2D eigenvalue weighted by Crippen LogP contribution is 2.31. The van der Waals surface area contributed by atoms with Gasteiger partial charge in [-0.1, -0.05) is 37.0 Å². The molecule has 1 saturated carbocycles. The van der Waals surface area contributed by atoms with Gasteiger partial charge in [-0.15, -0.1) is 0 Å². The number of benzene rings is 1. The summed E-state index contributed by atoms with van der Waals surface area (Å²) in [5.74, 6) is 0.314. The number of sulfonamides is 1. The van der Waals surface area contributed by atoms with Crippen molar-refractivity contribution in [1.29, 1.82) is 0 Å². The van der Waals surface area contributed by atoms with Crippen molar-refractivity contribution in [2.45, 2.75) is 70.4 Å². The van der Waals surface area contributed by atoms with Crippen molar-refractivity contribution >= 4 is 15.9 Å². The van der Waals surface area contributed by atoms with Crippen molar-refractivity contribution < 1.29 is 17.6 Å². The fourth-order valence-electron chi connectivity index (χ4n) is 4.27. The van der Waals surface area contributed by atoms with Crippen LogP contribution in [-0.4, -0.2) is 31.2 Å². The van der Waals surface area contributed by atoms with Crippen LogP contribution in [0.2, 0.25) is 0 Å². The highest BCUT2D eigenvalue weighted by molar-refractivity contribution is 7.89. The summed E-state index contributed by atoms with van der Waals surface area (Å²) in [6.45, 7) is 5.66. The number of hydrogen-bond acceptors (Lipinski definition) is 4. The Hall–Kier alpha value is -2.12. The molecule has 3 rings (SSSR count). The highest BCUT2D eigenvalue weighted by atomic mass is 32.2. The molecule has 1 aliphatic rings. The van der Waals surface area contributed by atoms with E-state index in [0.717, 1.165) is 48.8 Å². The number of carbonyl (C=O) groups is 1. The maximum absolute atomic E-state index is 13.7. The largest absolute Gasteiger partial charge is 0.467 e.